The van der Waals surface area contributed by atoms with Gasteiger partial charge in [0.1, 0.15) is 0 Å². The molecule has 0 atom stereocenters. The summed E-state index contributed by atoms with van der Waals surface area (Å²) in [6, 6.07) is 5.93. The van der Waals surface area contributed by atoms with Crippen LogP contribution in [-0.4, -0.2) is 29.8 Å². The van der Waals surface area contributed by atoms with Gasteiger partial charge in [-0.05, 0) is 37.1 Å². The Morgan fingerprint density at radius 1 is 1.44 bits per heavy atom. The lowest BCUT2D eigenvalue weighted by Gasteiger charge is -2.21. The second-order valence-corrected chi connectivity index (χ2v) is 5.29. The van der Waals surface area contributed by atoms with Crippen molar-refractivity contribution in [2.45, 2.75) is 13.0 Å². The van der Waals surface area contributed by atoms with Crippen molar-refractivity contribution in [2.24, 2.45) is 4.99 Å². The number of benzene rings is 1. The van der Waals surface area contributed by atoms with E-state index in [1.807, 2.05) is 18.2 Å². The van der Waals surface area contributed by atoms with Crippen LogP contribution in [0, 0.1) is 0 Å². The van der Waals surface area contributed by atoms with E-state index >= 15 is 0 Å². The van der Waals surface area contributed by atoms with Crippen molar-refractivity contribution in [1.29, 1.82) is 0 Å². The highest BCUT2D eigenvalue weighted by molar-refractivity contribution is 8.13. The van der Waals surface area contributed by atoms with Gasteiger partial charge in [-0.3, -0.25) is 0 Å². The molecule has 0 N–H and O–H groups in total. The van der Waals surface area contributed by atoms with Crippen LogP contribution in [0.15, 0.2) is 23.2 Å². The van der Waals surface area contributed by atoms with Crippen LogP contribution in [0.1, 0.15) is 12.0 Å². The quantitative estimate of drug-likeness (QED) is 0.704. The van der Waals surface area contributed by atoms with Gasteiger partial charge >= 0.3 is 0 Å². The molecule has 0 bridgehead atoms. The molecule has 0 radical (unpaired) electrons. The van der Waals surface area contributed by atoms with E-state index in [4.69, 9.17) is 11.6 Å². The molecule has 0 aliphatic carbocycles. The number of hydrogen-bond acceptors (Lipinski definition) is 3. The SMILES string of the molecule is CSC1=Nc2ccc(Cl)cc2CN(C)CC1. The Bertz CT molecular complexity index is 417. The first-order valence-corrected chi connectivity index (χ1v) is 6.88. The van der Waals surface area contributed by atoms with Gasteiger partial charge in [0.05, 0.1) is 10.7 Å². The third-order valence-electron chi connectivity index (χ3n) is 2.67. The van der Waals surface area contributed by atoms with Crippen LogP contribution in [0.2, 0.25) is 5.02 Å². The van der Waals surface area contributed by atoms with Gasteiger partial charge < -0.3 is 4.90 Å². The maximum atomic E-state index is 6.02. The van der Waals surface area contributed by atoms with E-state index in [-0.39, 0.29) is 0 Å². The summed E-state index contributed by atoms with van der Waals surface area (Å²) in [7, 11) is 2.13. The number of halogens is 1. The van der Waals surface area contributed by atoms with Crippen molar-refractivity contribution in [1.82, 2.24) is 4.90 Å². The molecule has 1 heterocycles. The van der Waals surface area contributed by atoms with Gasteiger partial charge in [0, 0.05) is 24.5 Å². The molecule has 0 saturated carbocycles. The van der Waals surface area contributed by atoms with Crippen LogP contribution < -0.4 is 0 Å². The van der Waals surface area contributed by atoms with Crippen molar-refractivity contribution >= 4 is 34.1 Å². The minimum atomic E-state index is 0.786. The molecule has 2 rings (SSSR count). The molecule has 0 amide bonds. The van der Waals surface area contributed by atoms with Crippen molar-refractivity contribution in [3.8, 4) is 0 Å². The minimum absolute atomic E-state index is 0.786. The largest absolute Gasteiger partial charge is 0.302 e. The Labute approximate surface area is 106 Å². The summed E-state index contributed by atoms with van der Waals surface area (Å²) >= 11 is 7.75. The molecule has 2 nitrogen and oxygen atoms in total. The van der Waals surface area contributed by atoms with Crippen molar-refractivity contribution < 1.29 is 0 Å². The first kappa shape index (κ1) is 12.0. The smallest absolute Gasteiger partial charge is 0.0748 e. The van der Waals surface area contributed by atoms with Crippen LogP contribution in [-0.2, 0) is 6.54 Å². The normalized spacial score (nSPS) is 17.3. The number of nitrogens with zero attached hydrogens (tertiary/aromatic N) is 2. The molecule has 4 heteroatoms. The molecule has 1 aliphatic rings. The summed E-state index contributed by atoms with van der Waals surface area (Å²) in [4.78, 5) is 6.99. The highest BCUT2D eigenvalue weighted by Gasteiger charge is 2.11. The molecule has 1 aliphatic heterocycles. The molecule has 0 saturated heterocycles. The molecular formula is C12H15ClN2S. The maximum absolute atomic E-state index is 6.02. The van der Waals surface area contributed by atoms with E-state index in [1.54, 1.807) is 11.8 Å². The van der Waals surface area contributed by atoms with Crippen molar-refractivity contribution in [2.75, 3.05) is 19.8 Å². The number of rotatable bonds is 0. The lowest BCUT2D eigenvalue weighted by Crippen LogP contribution is -2.22. The van der Waals surface area contributed by atoms with Crippen LogP contribution in [0.25, 0.3) is 0 Å². The van der Waals surface area contributed by atoms with E-state index in [0.717, 1.165) is 30.2 Å². The number of thioether (sulfide) groups is 1. The molecule has 1 aromatic carbocycles. The van der Waals surface area contributed by atoms with Crippen LogP contribution in [0.5, 0.6) is 0 Å². The standard InChI is InChI=1S/C12H15ClN2S/c1-15-6-5-12(16-2)14-11-4-3-10(13)7-9(11)8-15/h3-4,7H,5-6,8H2,1-2H3. The highest BCUT2D eigenvalue weighted by Crippen LogP contribution is 2.27. The number of hydrogen-bond donors (Lipinski definition) is 0. The molecule has 0 aromatic heterocycles. The maximum Gasteiger partial charge on any atom is 0.0748 e. The predicted molar refractivity (Wildman–Crippen MR) is 73.0 cm³/mol. The van der Waals surface area contributed by atoms with E-state index in [9.17, 15) is 0 Å². The molecule has 0 fully saturated rings. The summed E-state index contributed by atoms with van der Waals surface area (Å²) in [6.45, 7) is 1.96. The average molecular weight is 255 g/mol. The summed E-state index contributed by atoms with van der Waals surface area (Å²) < 4.78 is 0. The molecule has 0 unspecified atom stereocenters. The monoisotopic (exact) mass is 254 g/mol. The summed E-state index contributed by atoms with van der Waals surface area (Å²) in [5.41, 5.74) is 2.27. The van der Waals surface area contributed by atoms with Gasteiger partial charge in [0.25, 0.3) is 0 Å². The Morgan fingerprint density at radius 2 is 2.25 bits per heavy atom. The van der Waals surface area contributed by atoms with E-state index < -0.39 is 0 Å². The highest BCUT2D eigenvalue weighted by atomic mass is 35.5. The number of aliphatic imine (C=N–C) groups is 1. The first-order chi connectivity index (χ1) is 7.69. The lowest BCUT2D eigenvalue weighted by atomic mass is 10.1. The van der Waals surface area contributed by atoms with E-state index in [1.165, 1.54) is 10.6 Å². The topological polar surface area (TPSA) is 15.6 Å². The zero-order valence-electron chi connectivity index (χ0n) is 9.53. The fourth-order valence-electron chi connectivity index (χ4n) is 1.78. The number of fused-ring (bicyclic) bond motifs is 1. The molecule has 16 heavy (non-hydrogen) atoms. The third-order valence-corrected chi connectivity index (χ3v) is 3.67. The van der Waals surface area contributed by atoms with Crippen molar-refractivity contribution in [3.63, 3.8) is 0 Å². The Hall–Kier alpha value is -0.510. The second-order valence-electron chi connectivity index (χ2n) is 3.97. The Kier molecular flexibility index (Phi) is 3.90. The lowest BCUT2D eigenvalue weighted by molar-refractivity contribution is 0.337. The van der Waals surface area contributed by atoms with E-state index in [2.05, 4.69) is 23.2 Å². The summed E-state index contributed by atoms with van der Waals surface area (Å²) in [6.07, 6.45) is 3.11. The van der Waals surface area contributed by atoms with Gasteiger partial charge in [-0.1, -0.05) is 11.6 Å². The van der Waals surface area contributed by atoms with Crippen LogP contribution >= 0.6 is 23.4 Å². The summed E-state index contributed by atoms with van der Waals surface area (Å²) in [5, 5.41) is 1.98. The van der Waals surface area contributed by atoms with Gasteiger partial charge in [0.15, 0.2) is 0 Å². The molecule has 86 valence electrons. The predicted octanol–water partition coefficient (Wildman–Crippen LogP) is 3.57. The molecule has 1 aromatic rings. The van der Waals surface area contributed by atoms with Gasteiger partial charge in [0.2, 0.25) is 0 Å². The average Bonchev–Trinajstić information content (AvgIpc) is 2.24. The molecular weight excluding hydrogens is 240 g/mol. The fourth-order valence-corrected chi connectivity index (χ4v) is 2.46. The zero-order valence-corrected chi connectivity index (χ0v) is 11.1. The van der Waals surface area contributed by atoms with Gasteiger partial charge in [-0.15, -0.1) is 11.8 Å². The third kappa shape index (κ3) is 2.78. The Morgan fingerprint density at radius 3 is 3.00 bits per heavy atom. The minimum Gasteiger partial charge on any atom is -0.302 e. The van der Waals surface area contributed by atoms with E-state index in [0.29, 0.717) is 0 Å². The van der Waals surface area contributed by atoms with Crippen LogP contribution in [0.3, 0.4) is 0 Å². The Balaban J connectivity index is 2.43. The second kappa shape index (κ2) is 5.21. The van der Waals surface area contributed by atoms with Crippen LogP contribution in [0.4, 0.5) is 5.69 Å². The van der Waals surface area contributed by atoms with Gasteiger partial charge in [-0.2, -0.15) is 0 Å². The summed E-state index contributed by atoms with van der Waals surface area (Å²) in [5.74, 6) is 0. The fraction of sp³-hybridized carbons (Fsp3) is 0.417. The first-order valence-electron chi connectivity index (χ1n) is 5.27. The molecule has 0 spiro atoms. The van der Waals surface area contributed by atoms with Gasteiger partial charge in [-0.25, -0.2) is 4.99 Å². The zero-order chi connectivity index (χ0) is 11.5. The van der Waals surface area contributed by atoms with Crippen molar-refractivity contribution in [3.05, 3.63) is 28.8 Å².